The van der Waals surface area contributed by atoms with Crippen molar-refractivity contribution in [3.05, 3.63) is 24.0 Å². The minimum absolute atomic E-state index is 0.0191. The van der Waals surface area contributed by atoms with Gasteiger partial charge in [-0.2, -0.15) is 0 Å². The lowest BCUT2D eigenvalue weighted by Crippen LogP contribution is -2.22. The molecule has 0 aliphatic heterocycles. The fourth-order valence-electron chi connectivity index (χ4n) is 1.16. The minimum Gasteiger partial charge on any atom is -0.397 e. The van der Waals surface area contributed by atoms with E-state index in [-0.39, 0.29) is 24.3 Å². The normalized spacial score (nSPS) is 12.2. The summed E-state index contributed by atoms with van der Waals surface area (Å²) < 4.78 is 18.2. The molecule has 0 saturated carbocycles. The van der Waals surface area contributed by atoms with Crippen molar-refractivity contribution >= 4 is 17.3 Å². The molecule has 0 saturated heterocycles. The van der Waals surface area contributed by atoms with E-state index >= 15 is 0 Å². The summed E-state index contributed by atoms with van der Waals surface area (Å²) in [6.45, 7) is 3.78. The third-order valence-electron chi connectivity index (χ3n) is 2.36. The fraction of sp³-hybridized carbons (Fsp3) is 0.417. The van der Waals surface area contributed by atoms with E-state index < -0.39 is 5.82 Å². The second kappa shape index (κ2) is 6.20. The van der Waals surface area contributed by atoms with E-state index in [1.165, 1.54) is 18.2 Å². The van der Waals surface area contributed by atoms with Gasteiger partial charge in [0.2, 0.25) is 5.91 Å². The number of carbonyl (C=O) groups excluding carboxylic acids is 1. The molecular formula is C12H17FN2O2. The summed E-state index contributed by atoms with van der Waals surface area (Å²) in [6, 6.07) is 3.82. The highest BCUT2D eigenvalue weighted by atomic mass is 19.1. The van der Waals surface area contributed by atoms with Gasteiger partial charge in [0.25, 0.3) is 0 Å². The number of rotatable bonds is 5. The maximum Gasteiger partial charge on any atom is 0.250 e. The number of carbonyl (C=O) groups is 1. The Hall–Kier alpha value is -1.62. The van der Waals surface area contributed by atoms with Gasteiger partial charge in [-0.3, -0.25) is 4.79 Å². The summed E-state index contributed by atoms with van der Waals surface area (Å²) in [5, 5.41) is 2.50. The number of nitrogens with two attached hydrogens (primary N) is 1. The van der Waals surface area contributed by atoms with Crippen LogP contribution in [0.1, 0.15) is 20.3 Å². The molecule has 1 unspecified atom stereocenters. The maximum atomic E-state index is 12.9. The van der Waals surface area contributed by atoms with Gasteiger partial charge in [-0.1, -0.05) is 6.92 Å². The van der Waals surface area contributed by atoms with Crippen LogP contribution in [0.15, 0.2) is 18.2 Å². The van der Waals surface area contributed by atoms with E-state index in [1.54, 1.807) is 0 Å². The van der Waals surface area contributed by atoms with Crippen LogP contribution in [0.5, 0.6) is 0 Å². The molecule has 0 spiro atoms. The lowest BCUT2D eigenvalue weighted by Gasteiger charge is -2.11. The number of halogens is 1. The molecule has 5 heteroatoms. The Morgan fingerprint density at radius 1 is 1.59 bits per heavy atom. The molecule has 0 aromatic heterocycles. The highest BCUT2D eigenvalue weighted by Gasteiger charge is 2.08. The number of hydrogen-bond donors (Lipinski definition) is 2. The SMILES string of the molecule is CCC(C)OCC(=O)Nc1cc(F)ccc1N. The summed E-state index contributed by atoms with van der Waals surface area (Å²) in [6.07, 6.45) is 0.848. The number of nitrogen functional groups attached to an aromatic ring is 1. The van der Waals surface area contributed by atoms with E-state index in [0.29, 0.717) is 5.69 Å². The minimum atomic E-state index is -0.447. The van der Waals surface area contributed by atoms with Crippen molar-refractivity contribution in [3.63, 3.8) is 0 Å². The topological polar surface area (TPSA) is 64.3 Å². The molecule has 1 amide bonds. The average Bonchev–Trinajstić information content (AvgIpc) is 2.30. The second-order valence-corrected chi connectivity index (χ2v) is 3.81. The highest BCUT2D eigenvalue weighted by Crippen LogP contribution is 2.18. The molecule has 94 valence electrons. The summed E-state index contributed by atoms with van der Waals surface area (Å²) in [4.78, 5) is 11.5. The van der Waals surface area contributed by atoms with E-state index in [4.69, 9.17) is 10.5 Å². The zero-order valence-corrected chi connectivity index (χ0v) is 10.00. The monoisotopic (exact) mass is 240 g/mol. The van der Waals surface area contributed by atoms with Crippen LogP contribution in [-0.4, -0.2) is 18.6 Å². The number of nitrogens with one attached hydrogen (secondary N) is 1. The lowest BCUT2D eigenvalue weighted by atomic mass is 10.2. The van der Waals surface area contributed by atoms with Crippen LogP contribution in [0.4, 0.5) is 15.8 Å². The molecule has 1 rings (SSSR count). The molecule has 0 fully saturated rings. The standard InChI is InChI=1S/C12H17FN2O2/c1-3-8(2)17-7-12(16)15-11-6-9(13)4-5-10(11)14/h4-6,8H,3,7,14H2,1-2H3,(H,15,16). The molecule has 0 bridgehead atoms. The zero-order chi connectivity index (χ0) is 12.8. The Balaban J connectivity index is 2.53. The third kappa shape index (κ3) is 4.40. The quantitative estimate of drug-likeness (QED) is 0.775. The predicted molar refractivity (Wildman–Crippen MR) is 65.1 cm³/mol. The van der Waals surface area contributed by atoms with Crippen molar-refractivity contribution in [1.82, 2.24) is 0 Å². The predicted octanol–water partition coefficient (Wildman–Crippen LogP) is 2.16. The van der Waals surface area contributed by atoms with Crippen LogP contribution >= 0.6 is 0 Å². The second-order valence-electron chi connectivity index (χ2n) is 3.81. The average molecular weight is 240 g/mol. The van der Waals surface area contributed by atoms with Crippen LogP contribution in [-0.2, 0) is 9.53 Å². The Kier molecular flexibility index (Phi) is 4.90. The van der Waals surface area contributed by atoms with Crippen molar-refractivity contribution in [2.24, 2.45) is 0 Å². The first-order valence-corrected chi connectivity index (χ1v) is 5.49. The smallest absolute Gasteiger partial charge is 0.250 e. The van der Waals surface area contributed by atoms with Crippen molar-refractivity contribution in [2.45, 2.75) is 26.4 Å². The van der Waals surface area contributed by atoms with Gasteiger partial charge < -0.3 is 15.8 Å². The first-order chi connectivity index (χ1) is 8.02. The molecule has 3 N–H and O–H groups in total. The van der Waals surface area contributed by atoms with Crippen molar-refractivity contribution < 1.29 is 13.9 Å². The van der Waals surface area contributed by atoms with Crippen molar-refractivity contribution in [2.75, 3.05) is 17.7 Å². The fourth-order valence-corrected chi connectivity index (χ4v) is 1.16. The van der Waals surface area contributed by atoms with E-state index in [1.807, 2.05) is 13.8 Å². The zero-order valence-electron chi connectivity index (χ0n) is 10.00. The van der Waals surface area contributed by atoms with Gasteiger partial charge in [0.1, 0.15) is 12.4 Å². The largest absolute Gasteiger partial charge is 0.397 e. The van der Waals surface area contributed by atoms with Gasteiger partial charge in [-0.15, -0.1) is 0 Å². The number of hydrogen-bond acceptors (Lipinski definition) is 3. The van der Waals surface area contributed by atoms with Gasteiger partial charge in [-0.05, 0) is 31.5 Å². The molecule has 0 radical (unpaired) electrons. The van der Waals surface area contributed by atoms with Crippen LogP contribution in [0, 0.1) is 5.82 Å². The number of benzene rings is 1. The molecule has 1 aromatic carbocycles. The van der Waals surface area contributed by atoms with E-state index in [0.717, 1.165) is 6.42 Å². The molecular weight excluding hydrogens is 223 g/mol. The van der Waals surface area contributed by atoms with Gasteiger partial charge in [0.05, 0.1) is 17.5 Å². The summed E-state index contributed by atoms with van der Waals surface area (Å²) in [7, 11) is 0. The third-order valence-corrected chi connectivity index (χ3v) is 2.36. The maximum absolute atomic E-state index is 12.9. The van der Waals surface area contributed by atoms with Gasteiger partial charge in [0, 0.05) is 0 Å². The van der Waals surface area contributed by atoms with Gasteiger partial charge >= 0.3 is 0 Å². The number of anilines is 2. The van der Waals surface area contributed by atoms with Gasteiger partial charge in [0.15, 0.2) is 0 Å². The Morgan fingerprint density at radius 2 is 2.29 bits per heavy atom. The van der Waals surface area contributed by atoms with Crippen LogP contribution < -0.4 is 11.1 Å². The Bertz CT molecular complexity index is 396. The van der Waals surface area contributed by atoms with Crippen molar-refractivity contribution in [1.29, 1.82) is 0 Å². The van der Waals surface area contributed by atoms with Crippen LogP contribution in [0.2, 0.25) is 0 Å². The van der Waals surface area contributed by atoms with E-state index in [2.05, 4.69) is 5.32 Å². The highest BCUT2D eigenvalue weighted by molar-refractivity contribution is 5.94. The molecule has 0 aliphatic carbocycles. The molecule has 1 atom stereocenters. The summed E-state index contributed by atoms with van der Waals surface area (Å²) in [5.41, 5.74) is 6.19. The summed E-state index contributed by atoms with van der Waals surface area (Å²) in [5.74, 6) is -0.792. The Morgan fingerprint density at radius 3 is 2.94 bits per heavy atom. The number of amides is 1. The summed E-state index contributed by atoms with van der Waals surface area (Å²) >= 11 is 0. The first-order valence-electron chi connectivity index (χ1n) is 5.49. The molecule has 4 nitrogen and oxygen atoms in total. The first kappa shape index (κ1) is 13.4. The van der Waals surface area contributed by atoms with E-state index in [9.17, 15) is 9.18 Å². The molecule has 0 aliphatic rings. The van der Waals surface area contributed by atoms with Gasteiger partial charge in [-0.25, -0.2) is 4.39 Å². The van der Waals surface area contributed by atoms with Crippen LogP contribution in [0.3, 0.4) is 0 Å². The number of ether oxygens (including phenoxy) is 1. The van der Waals surface area contributed by atoms with Crippen LogP contribution in [0.25, 0.3) is 0 Å². The molecule has 1 aromatic rings. The molecule has 17 heavy (non-hydrogen) atoms. The Labute approximate surface area is 100.0 Å². The molecule has 0 heterocycles. The van der Waals surface area contributed by atoms with Crippen molar-refractivity contribution in [3.8, 4) is 0 Å². The lowest BCUT2D eigenvalue weighted by molar-refractivity contribution is -0.122.